The summed E-state index contributed by atoms with van der Waals surface area (Å²) in [5, 5.41) is 7.09. The number of nitrogens with zero attached hydrogens (tertiary/aromatic N) is 1. The average Bonchev–Trinajstić information content (AvgIpc) is 3.18. The van der Waals surface area contributed by atoms with Gasteiger partial charge in [-0.25, -0.2) is 0 Å². The molecule has 0 bridgehead atoms. The van der Waals surface area contributed by atoms with Gasteiger partial charge in [-0.05, 0) is 60.9 Å². The van der Waals surface area contributed by atoms with E-state index in [1.165, 1.54) is 24.8 Å². The number of benzene rings is 1. The van der Waals surface area contributed by atoms with E-state index in [1.807, 2.05) is 24.1 Å². The lowest BCUT2D eigenvalue weighted by Crippen LogP contribution is -2.55. The van der Waals surface area contributed by atoms with E-state index in [0.29, 0.717) is 18.5 Å². The third kappa shape index (κ3) is 4.92. The lowest BCUT2D eigenvalue weighted by atomic mass is 9.84. The van der Waals surface area contributed by atoms with E-state index in [0.717, 1.165) is 36.6 Å². The Morgan fingerprint density at radius 2 is 1.83 bits per heavy atom. The highest BCUT2D eigenvalue weighted by Gasteiger charge is 2.37. The molecule has 2 aliphatic rings. The molecule has 1 aromatic rings. The van der Waals surface area contributed by atoms with E-state index in [-0.39, 0.29) is 17.4 Å². The molecule has 30 heavy (non-hydrogen) atoms. The number of rotatable bonds is 7. The molecule has 1 aliphatic carbocycles. The average molecular weight is 418 g/mol. The molecule has 0 saturated heterocycles. The lowest BCUT2D eigenvalue weighted by Gasteiger charge is -2.38. The quantitative estimate of drug-likeness (QED) is 0.714. The molecule has 0 spiro atoms. The van der Waals surface area contributed by atoms with Crippen LogP contribution < -0.4 is 20.1 Å². The van der Waals surface area contributed by atoms with Gasteiger partial charge in [-0.2, -0.15) is 0 Å². The maximum Gasteiger partial charge on any atom is 0.240 e. The van der Waals surface area contributed by atoms with E-state index < -0.39 is 0 Å². The number of carbonyl (C=O) groups is 1. The molecule has 6 nitrogen and oxygen atoms in total. The first-order valence-corrected chi connectivity index (χ1v) is 11.2. The van der Waals surface area contributed by atoms with Crippen LogP contribution in [0.25, 0.3) is 0 Å². The third-order valence-corrected chi connectivity index (χ3v) is 6.76. The van der Waals surface area contributed by atoms with E-state index >= 15 is 0 Å². The largest absolute Gasteiger partial charge is 0.493 e. The van der Waals surface area contributed by atoms with Crippen LogP contribution in [-0.4, -0.2) is 57.2 Å². The minimum atomic E-state index is -0.197. The van der Waals surface area contributed by atoms with Crippen LogP contribution in [0.1, 0.15) is 51.2 Å². The van der Waals surface area contributed by atoms with Crippen LogP contribution in [0, 0.1) is 11.3 Å². The van der Waals surface area contributed by atoms with Crippen molar-refractivity contribution in [1.82, 2.24) is 15.5 Å². The summed E-state index contributed by atoms with van der Waals surface area (Å²) >= 11 is 0. The predicted octanol–water partition coefficient (Wildman–Crippen LogP) is 2.98. The third-order valence-electron chi connectivity index (χ3n) is 6.76. The van der Waals surface area contributed by atoms with Crippen LogP contribution in [0.5, 0.6) is 11.5 Å². The summed E-state index contributed by atoms with van der Waals surface area (Å²) in [6.45, 7) is 8.69. The van der Waals surface area contributed by atoms with Crippen LogP contribution in [0.3, 0.4) is 0 Å². The standard InChI is InChI=1S/C24H39N3O3/c1-24(2,3)22(26-14-17-8-7-9-19(17)25-4)23(28)27-11-10-16-12-20(29-5)21(30-6)13-18(16)15-27/h12-13,17,19,22,25-26H,7-11,14-15H2,1-6H3/t17?,19?,22-/m1/s1. The van der Waals surface area contributed by atoms with Gasteiger partial charge in [-0.15, -0.1) is 0 Å². The molecule has 6 heteroatoms. The molecule has 1 heterocycles. The van der Waals surface area contributed by atoms with Gasteiger partial charge in [0.2, 0.25) is 5.91 Å². The predicted molar refractivity (Wildman–Crippen MR) is 120 cm³/mol. The van der Waals surface area contributed by atoms with Gasteiger partial charge in [-0.1, -0.05) is 27.2 Å². The highest BCUT2D eigenvalue weighted by molar-refractivity contribution is 5.83. The van der Waals surface area contributed by atoms with Crippen molar-refractivity contribution in [2.45, 2.75) is 65.1 Å². The summed E-state index contributed by atoms with van der Waals surface area (Å²) in [7, 11) is 5.35. The summed E-state index contributed by atoms with van der Waals surface area (Å²) in [6, 6.07) is 4.42. The van der Waals surface area contributed by atoms with Crippen LogP contribution >= 0.6 is 0 Å². The molecule has 1 aromatic carbocycles. The Morgan fingerprint density at radius 1 is 1.17 bits per heavy atom. The van der Waals surface area contributed by atoms with Gasteiger partial charge in [0.1, 0.15) is 0 Å². The Bertz CT molecular complexity index is 744. The van der Waals surface area contributed by atoms with Crippen molar-refractivity contribution in [3.8, 4) is 11.5 Å². The van der Waals surface area contributed by atoms with Gasteiger partial charge in [0.15, 0.2) is 11.5 Å². The van der Waals surface area contributed by atoms with Crippen LogP contribution in [0.15, 0.2) is 12.1 Å². The number of nitrogens with one attached hydrogen (secondary N) is 2. The van der Waals surface area contributed by atoms with E-state index in [1.54, 1.807) is 14.2 Å². The zero-order chi connectivity index (χ0) is 21.9. The minimum Gasteiger partial charge on any atom is -0.493 e. The Hall–Kier alpha value is -1.79. The zero-order valence-corrected chi connectivity index (χ0v) is 19.5. The van der Waals surface area contributed by atoms with Gasteiger partial charge < -0.3 is 25.0 Å². The van der Waals surface area contributed by atoms with Crippen molar-refractivity contribution in [2.24, 2.45) is 11.3 Å². The molecule has 1 fully saturated rings. The van der Waals surface area contributed by atoms with Crippen molar-refractivity contribution >= 4 is 5.91 Å². The number of hydrogen-bond acceptors (Lipinski definition) is 5. The number of hydrogen-bond donors (Lipinski definition) is 2. The highest BCUT2D eigenvalue weighted by Crippen LogP contribution is 2.34. The summed E-state index contributed by atoms with van der Waals surface area (Å²) in [4.78, 5) is 15.6. The molecular formula is C24H39N3O3. The van der Waals surface area contributed by atoms with E-state index in [2.05, 4.69) is 31.4 Å². The zero-order valence-electron chi connectivity index (χ0n) is 19.5. The minimum absolute atomic E-state index is 0.150. The summed E-state index contributed by atoms with van der Waals surface area (Å²) in [6.07, 6.45) is 4.55. The second-order valence-corrected chi connectivity index (χ2v) is 9.78. The topological polar surface area (TPSA) is 62.8 Å². The molecule has 1 amide bonds. The van der Waals surface area contributed by atoms with Gasteiger partial charge in [0.25, 0.3) is 0 Å². The fraction of sp³-hybridized carbons (Fsp3) is 0.708. The van der Waals surface area contributed by atoms with Gasteiger partial charge in [-0.3, -0.25) is 4.79 Å². The number of methoxy groups -OCH3 is 2. The molecule has 1 aliphatic heterocycles. The van der Waals surface area contributed by atoms with Crippen molar-refractivity contribution < 1.29 is 14.3 Å². The molecule has 3 rings (SSSR count). The smallest absolute Gasteiger partial charge is 0.240 e. The molecule has 168 valence electrons. The monoisotopic (exact) mass is 417 g/mol. The lowest BCUT2D eigenvalue weighted by molar-refractivity contribution is -0.137. The van der Waals surface area contributed by atoms with Crippen molar-refractivity contribution in [3.05, 3.63) is 23.3 Å². The normalized spacial score (nSPS) is 22.5. The van der Waals surface area contributed by atoms with Crippen molar-refractivity contribution in [3.63, 3.8) is 0 Å². The molecule has 0 radical (unpaired) electrons. The molecule has 0 aromatic heterocycles. The van der Waals surface area contributed by atoms with Gasteiger partial charge in [0.05, 0.1) is 20.3 Å². The highest BCUT2D eigenvalue weighted by atomic mass is 16.5. The number of amides is 1. The van der Waals surface area contributed by atoms with Gasteiger partial charge >= 0.3 is 0 Å². The van der Waals surface area contributed by atoms with Crippen LogP contribution in [-0.2, 0) is 17.8 Å². The summed E-state index contributed by atoms with van der Waals surface area (Å²) in [5.41, 5.74) is 2.23. The summed E-state index contributed by atoms with van der Waals surface area (Å²) in [5.74, 6) is 2.25. The van der Waals surface area contributed by atoms with Gasteiger partial charge in [0, 0.05) is 25.7 Å². The Balaban J connectivity index is 1.72. The first-order chi connectivity index (χ1) is 14.3. The molecule has 2 N–H and O–H groups in total. The molecule has 3 atom stereocenters. The van der Waals surface area contributed by atoms with E-state index in [4.69, 9.17) is 9.47 Å². The van der Waals surface area contributed by atoms with Crippen molar-refractivity contribution in [2.75, 3.05) is 34.4 Å². The van der Waals surface area contributed by atoms with Crippen molar-refractivity contribution in [1.29, 1.82) is 0 Å². The summed E-state index contributed by atoms with van der Waals surface area (Å²) < 4.78 is 10.9. The second kappa shape index (κ2) is 9.56. The maximum atomic E-state index is 13.6. The maximum absolute atomic E-state index is 13.6. The first kappa shape index (κ1) is 22.9. The second-order valence-electron chi connectivity index (χ2n) is 9.78. The number of fused-ring (bicyclic) bond motifs is 1. The number of ether oxygens (including phenoxy) is 2. The Kier molecular flexibility index (Phi) is 7.30. The van der Waals surface area contributed by atoms with Crippen LogP contribution in [0.4, 0.5) is 0 Å². The number of carbonyl (C=O) groups excluding carboxylic acids is 1. The molecule has 1 saturated carbocycles. The molecule has 2 unspecified atom stereocenters. The fourth-order valence-corrected chi connectivity index (χ4v) is 4.95. The first-order valence-electron chi connectivity index (χ1n) is 11.2. The Labute approximate surface area is 181 Å². The van der Waals surface area contributed by atoms with Crippen LogP contribution in [0.2, 0.25) is 0 Å². The SMILES string of the molecule is CNC1CCCC1CN[C@H](C(=O)N1CCc2cc(OC)c(OC)cc2C1)C(C)(C)C. The van der Waals surface area contributed by atoms with E-state index in [9.17, 15) is 4.79 Å². The Morgan fingerprint density at radius 3 is 2.43 bits per heavy atom. The fourth-order valence-electron chi connectivity index (χ4n) is 4.95. The molecular weight excluding hydrogens is 378 g/mol.